The predicted molar refractivity (Wildman–Crippen MR) is 122 cm³/mol. The first kappa shape index (κ1) is 20.3. The number of sulfonamides is 1. The highest BCUT2D eigenvalue weighted by Gasteiger charge is 2.42. The Bertz CT molecular complexity index is 1040. The molecular weight excluding hydrogens is 416 g/mol. The molecule has 2 aromatic carbocycles. The van der Waals surface area contributed by atoms with Crippen LogP contribution in [0.4, 0.5) is 5.69 Å². The van der Waals surface area contributed by atoms with Crippen LogP contribution in [0.2, 0.25) is 0 Å². The molecule has 3 N–H and O–H groups in total. The summed E-state index contributed by atoms with van der Waals surface area (Å²) in [5.74, 6) is 0.325. The van der Waals surface area contributed by atoms with Crippen LogP contribution in [0.5, 0.6) is 0 Å². The molecule has 6 nitrogen and oxygen atoms in total. The van der Waals surface area contributed by atoms with Gasteiger partial charge in [0.15, 0.2) is 0 Å². The van der Waals surface area contributed by atoms with Crippen molar-refractivity contribution < 1.29 is 8.42 Å². The molecule has 2 heterocycles. The summed E-state index contributed by atoms with van der Waals surface area (Å²) in [7, 11) is -3.53. The third-order valence-corrected chi connectivity index (χ3v) is 9.00. The molecule has 1 saturated heterocycles. The van der Waals surface area contributed by atoms with Crippen molar-refractivity contribution in [2.45, 2.75) is 60.3 Å². The van der Waals surface area contributed by atoms with Gasteiger partial charge in [-0.25, -0.2) is 24.0 Å². The zero-order valence-electron chi connectivity index (χ0n) is 17.3. The fourth-order valence-electron chi connectivity index (χ4n) is 4.29. The fourth-order valence-corrected chi connectivity index (χ4v) is 6.78. The Morgan fingerprint density at radius 1 is 1.17 bits per heavy atom. The van der Waals surface area contributed by atoms with Gasteiger partial charge in [-0.2, -0.15) is 0 Å². The smallest absolute Gasteiger partial charge is 0.241 e. The van der Waals surface area contributed by atoms with Gasteiger partial charge in [0.05, 0.1) is 10.3 Å². The molecule has 30 heavy (non-hydrogen) atoms. The quantitative estimate of drug-likeness (QED) is 0.636. The second kappa shape index (κ2) is 7.53. The number of hydrazine groups is 1. The van der Waals surface area contributed by atoms with E-state index in [4.69, 9.17) is 0 Å². The molecule has 0 radical (unpaired) electrons. The van der Waals surface area contributed by atoms with Gasteiger partial charge in [0.25, 0.3) is 0 Å². The molecule has 5 rings (SSSR count). The molecule has 1 aliphatic carbocycles. The summed E-state index contributed by atoms with van der Waals surface area (Å²) in [6, 6.07) is 16.1. The summed E-state index contributed by atoms with van der Waals surface area (Å²) in [4.78, 5) is 2.66. The number of fused-ring (bicyclic) bond motifs is 1. The summed E-state index contributed by atoms with van der Waals surface area (Å²) in [5, 5.41) is 0.301. The van der Waals surface area contributed by atoms with E-state index in [0.29, 0.717) is 16.2 Å². The van der Waals surface area contributed by atoms with E-state index in [0.717, 1.165) is 31.5 Å². The van der Waals surface area contributed by atoms with Crippen LogP contribution in [0.3, 0.4) is 0 Å². The van der Waals surface area contributed by atoms with Crippen LogP contribution in [-0.2, 0) is 16.4 Å². The fraction of sp³-hybridized carbons (Fsp3) is 0.455. The molecule has 160 valence electrons. The Hall–Kier alpha value is -1.58. The van der Waals surface area contributed by atoms with E-state index in [2.05, 4.69) is 51.7 Å². The van der Waals surface area contributed by atoms with Crippen molar-refractivity contribution in [1.29, 1.82) is 0 Å². The number of anilines is 1. The molecule has 8 heteroatoms. The van der Waals surface area contributed by atoms with Crippen LogP contribution in [0, 0.1) is 0 Å². The van der Waals surface area contributed by atoms with Crippen molar-refractivity contribution in [3.63, 3.8) is 0 Å². The number of nitrogens with zero attached hydrogens (tertiary/aromatic N) is 1. The van der Waals surface area contributed by atoms with Gasteiger partial charge >= 0.3 is 0 Å². The van der Waals surface area contributed by atoms with Crippen LogP contribution in [0.15, 0.2) is 53.4 Å². The molecule has 0 aromatic heterocycles. The number of hydrogen-bond donors (Lipinski definition) is 3. The molecule has 2 aliphatic heterocycles. The van der Waals surface area contributed by atoms with Gasteiger partial charge in [0.2, 0.25) is 10.0 Å². The van der Waals surface area contributed by atoms with E-state index in [-0.39, 0.29) is 11.0 Å². The van der Waals surface area contributed by atoms with E-state index in [1.54, 1.807) is 17.8 Å². The summed E-state index contributed by atoms with van der Waals surface area (Å²) in [6.07, 6.45) is 2.73. The van der Waals surface area contributed by atoms with Crippen molar-refractivity contribution in [1.82, 2.24) is 15.6 Å². The highest BCUT2D eigenvalue weighted by molar-refractivity contribution is 8.00. The molecular formula is C22H28N4O2S2. The van der Waals surface area contributed by atoms with E-state index in [9.17, 15) is 8.42 Å². The molecule has 2 aromatic rings. The number of benzene rings is 2. The van der Waals surface area contributed by atoms with Gasteiger partial charge in [-0.3, -0.25) is 0 Å². The normalized spacial score (nSPS) is 27.3. The van der Waals surface area contributed by atoms with Gasteiger partial charge in [0.1, 0.15) is 5.50 Å². The largest absolute Gasteiger partial charge is 0.345 e. The maximum absolute atomic E-state index is 13.0. The summed E-state index contributed by atoms with van der Waals surface area (Å²) in [5.41, 5.74) is 9.95. The van der Waals surface area contributed by atoms with Crippen LogP contribution >= 0.6 is 11.8 Å². The van der Waals surface area contributed by atoms with Crippen LogP contribution in [0.1, 0.15) is 43.7 Å². The molecule has 0 spiro atoms. The molecule has 3 unspecified atom stereocenters. The van der Waals surface area contributed by atoms with Gasteiger partial charge < -0.3 is 4.90 Å². The highest BCUT2D eigenvalue weighted by atomic mass is 32.2. The van der Waals surface area contributed by atoms with E-state index < -0.39 is 10.0 Å². The maximum Gasteiger partial charge on any atom is 0.241 e. The Morgan fingerprint density at radius 3 is 2.60 bits per heavy atom. The number of nitrogens with one attached hydrogen (secondary N) is 3. The maximum atomic E-state index is 13.0. The first-order chi connectivity index (χ1) is 14.3. The first-order valence-electron chi connectivity index (χ1n) is 10.5. The molecule has 0 amide bonds. The topological polar surface area (TPSA) is 73.5 Å². The second-order valence-corrected chi connectivity index (χ2v) is 12.0. The Morgan fingerprint density at radius 2 is 1.93 bits per heavy atom. The lowest BCUT2D eigenvalue weighted by molar-refractivity contribution is 0.527. The molecule has 1 saturated carbocycles. The minimum absolute atomic E-state index is 0.0754. The van der Waals surface area contributed by atoms with Gasteiger partial charge in [-0.1, -0.05) is 36.4 Å². The van der Waals surface area contributed by atoms with Crippen molar-refractivity contribution >= 4 is 27.5 Å². The number of rotatable bonds is 6. The minimum atomic E-state index is -3.53. The van der Waals surface area contributed by atoms with Crippen molar-refractivity contribution in [3.8, 4) is 0 Å². The zero-order chi connectivity index (χ0) is 20.9. The molecule has 2 fully saturated rings. The van der Waals surface area contributed by atoms with Crippen molar-refractivity contribution in [2.75, 3.05) is 11.4 Å². The average molecular weight is 445 g/mol. The van der Waals surface area contributed by atoms with E-state index in [1.165, 1.54) is 11.1 Å². The van der Waals surface area contributed by atoms with Gasteiger partial charge in [0, 0.05) is 23.7 Å². The zero-order valence-corrected chi connectivity index (χ0v) is 18.9. The Labute approximate surface area is 182 Å². The van der Waals surface area contributed by atoms with Gasteiger partial charge in [-0.15, -0.1) is 11.8 Å². The van der Waals surface area contributed by atoms with Crippen LogP contribution in [0.25, 0.3) is 0 Å². The molecule has 0 bridgehead atoms. The number of thioether (sulfide) groups is 1. The summed E-state index contributed by atoms with van der Waals surface area (Å²) in [6.45, 7) is 4.95. The first-order valence-corrected chi connectivity index (χ1v) is 12.9. The highest BCUT2D eigenvalue weighted by Crippen LogP contribution is 2.43. The Balaban J connectivity index is 1.48. The summed E-state index contributed by atoms with van der Waals surface area (Å²) >= 11 is 1.81. The van der Waals surface area contributed by atoms with Crippen molar-refractivity contribution in [2.24, 2.45) is 0 Å². The lowest BCUT2D eigenvalue weighted by atomic mass is 9.94. The van der Waals surface area contributed by atoms with Gasteiger partial charge in [-0.05, 0) is 56.4 Å². The third kappa shape index (κ3) is 3.99. The van der Waals surface area contributed by atoms with Crippen molar-refractivity contribution in [3.05, 3.63) is 59.7 Å². The standard InChI is InChI=1S/C22H28N4O2S2/c1-15-23-24-21(29-15)26-14-17(12-16-6-4-3-5-7-16)19-9-8-18(13-20(19)26)30(27,28)25-22(2)10-11-22/h3-9,13,15,17,21,23-25H,10-12,14H2,1-2H3. The van der Waals surface area contributed by atoms with Crippen LogP contribution in [-0.4, -0.2) is 31.4 Å². The minimum Gasteiger partial charge on any atom is -0.345 e. The lowest BCUT2D eigenvalue weighted by Crippen LogP contribution is -2.43. The molecule has 3 aliphatic rings. The Kier molecular flexibility index (Phi) is 5.10. The lowest BCUT2D eigenvalue weighted by Gasteiger charge is -2.26. The monoisotopic (exact) mass is 444 g/mol. The van der Waals surface area contributed by atoms with Crippen LogP contribution < -0.4 is 20.5 Å². The van der Waals surface area contributed by atoms with E-state index in [1.807, 2.05) is 25.1 Å². The summed E-state index contributed by atoms with van der Waals surface area (Å²) < 4.78 is 28.8. The third-order valence-electron chi connectivity index (χ3n) is 6.21. The predicted octanol–water partition coefficient (Wildman–Crippen LogP) is 3.13. The second-order valence-electron chi connectivity index (χ2n) is 8.85. The average Bonchev–Trinajstić information content (AvgIpc) is 3.11. The SMILES string of the molecule is CC1NNC(N2CC(Cc3ccccc3)c3ccc(S(=O)(=O)NC4(C)CC4)cc32)S1. The number of hydrogen-bond acceptors (Lipinski definition) is 6. The molecule has 3 atom stereocenters. The van der Waals surface area contributed by atoms with E-state index >= 15 is 0 Å².